The summed E-state index contributed by atoms with van der Waals surface area (Å²) in [5.74, 6) is 2.00. The first-order valence-corrected chi connectivity index (χ1v) is 14.8. The molecule has 0 unspecified atom stereocenters. The Balaban J connectivity index is 1.32. The Bertz CT molecular complexity index is 1550. The van der Waals surface area contributed by atoms with E-state index in [4.69, 9.17) is 9.72 Å². The number of sulfone groups is 1. The minimum Gasteiger partial charge on any atom is -0.434 e. The molecule has 39 heavy (non-hydrogen) atoms. The number of benzene rings is 2. The van der Waals surface area contributed by atoms with Gasteiger partial charge >= 0.3 is 6.61 Å². The van der Waals surface area contributed by atoms with Crippen LogP contribution in [-0.4, -0.2) is 79.2 Å². The zero-order valence-electron chi connectivity index (χ0n) is 21.9. The van der Waals surface area contributed by atoms with E-state index in [0.717, 1.165) is 60.0 Å². The first-order valence-electron chi connectivity index (χ1n) is 12.8. The molecule has 2 aromatic heterocycles. The van der Waals surface area contributed by atoms with E-state index < -0.39 is 16.4 Å². The lowest BCUT2D eigenvalue weighted by molar-refractivity contribution is -0.0504. The van der Waals surface area contributed by atoms with E-state index in [1.807, 2.05) is 48.0 Å². The fraction of sp³-hybridized carbons (Fsp3) is 0.357. The van der Waals surface area contributed by atoms with Crippen molar-refractivity contribution in [3.63, 3.8) is 0 Å². The van der Waals surface area contributed by atoms with Crippen LogP contribution in [0.5, 0.6) is 5.75 Å². The minimum atomic E-state index is -2.96. The van der Waals surface area contributed by atoms with Gasteiger partial charge in [-0.15, -0.1) is 0 Å². The van der Waals surface area contributed by atoms with Crippen molar-refractivity contribution in [3.8, 4) is 16.9 Å². The van der Waals surface area contributed by atoms with Gasteiger partial charge in [0.15, 0.2) is 0 Å². The third-order valence-corrected chi connectivity index (χ3v) is 7.94. The molecule has 4 aromatic rings. The largest absolute Gasteiger partial charge is 0.434 e. The van der Waals surface area contributed by atoms with Gasteiger partial charge < -0.3 is 14.2 Å². The number of para-hydroxylation sites is 1. The number of anilines is 1. The molecule has 8 nitrogen and oxygen atoms in total. The standard InChI is InChI=1S/C28H31F2N5O3S/c1-20-32-24-9-7-21(17-25(24)35(20)19-23-5-3-4-6-26(23)38-28(29)30)22-8-10-27(31-18-22)34-13-11-33(12-14-34)15-16-39(2,36)37/h3-10,17-18,28H,11-16,19H2,1-2H3. The van der Waals surface area contributed by atoms with Gasteiger partial charge in [-0.3, -0.25) is 4.90 Å². The van der Waals surface area contributed by atoms with Crippen LogP contribution in [0.1, 0.15) is 11.4 Å². The Hall–Kier alpha value is -3.57. The summed E-state index contributed by atoms with van der Waals surface area (Å²) in [4.78, 5) is 13.7. The molecule has 2 aromatic carbocycles. The van der Waals surface area contributed by atoms with Crippen LogP contribution < -0.4 is 9.64 Å². The number of hydrogen-bond donors (Lipinski definition) is 0. The van der Waals surface area contributed by atoms with Gasteiger partial charge in [-0.05, 0) is 42.8 Å². The normalized spacial score (nSPS) is 14.8. The van der Waals surface area contributed by atoms with E-state index in [0.29, 0.717) is 18.7 Å². The van der Waals surface area contributed by atoms with Gasteiger partial charge in [0.05, 0.1) is 23.3 Å². The first-order chi connectivity index (χ1) is 18.7. The summed E-state index contributed by atoms with van der Waals surface area (Å²) < 4.78 is 55.5. The zero-order valence-corrected chi connectivity index (χ0v) is 22.7. The fourth-order valence-corrected chi connectivity index (χ4v) is 5.47. The predicted molar refractivity (Wildman–Crippen MR) is 148 cm³/mol. The van der Waals surface area contributed by atoms with Crippen molar-refractivity contribution in [3.05, 3.63) is 72.2 Å². The molecule has 3 heterocycles. The lowest BCUT2D eigenvalue weighted by Crippen LogP contribution is -2.47. The van der Waals surface area contributed by atoms with E-state index in [1.165, 1.54) is 6.26 Å². The van der Waals surface area contributed by atoms with Gasteiger partial charge in [-0.2, -0.15) is 8.78 Å². The third-order valence-electron chi connectivity index (χ3n) is 7.01. The minimum absolute atomic E-state index is 0.154. The molecule has 0 radical (unpaired) electrons. The Morgan fingerprint density at radius 2 is 1.74 bits per heavy atom. The Labute approximate surface area is 226 Å². The summed E-state index contributed by atoms with van der Waals surface area (Å²) in [7, 11) is -2.96. The van der Waals surface area contributed by atoms with Crippen molar-refractivity contribution in [2.75, 3.05) is 49.6 Å². The number of pyridine rings is 1. The maximum Gasteiger partial charge on any atom is 0.387 e. The second-order valence-electron chi connectivity index (χ2n) is 9.80. The van der Waals surface area contributed by atoms with Crippen LogP contribution in [0.25, 0.3) is 22.2 Å². The van der Waals surface area contributed by atoms with Gasteiger partial charge in [-0.1, -0.05) is 24.3 Å². The highest BCUT2D eigenvalue weighted by atomic mass is 32.2. The molecular formula is C28H31F2N5O3S. The summed E-state index contributed by atoms with van der Waals surface area (Å²) in [6, 6.07) is 16.9. The van der Waals surface area contributed by atoms with Crippen LogP contribution in [0.4, 0.5) is 14.6 Å². The van der Waals surface area contributed by atoms with Crippen LogP contribution in [-0.2, 0) is 16.4 Å². The maximum absolute atomic E-state index is 12.9. The van der Waals surface area contributed by atoms with Crippen LogP contribution in [0.2, 0.25) is 0 Å². The molecule has 0 spiro atoms. The number of imidazole rings is 1. The van der Waals surface area contributed by atoms with E-state index in [-0.39, 0.29) is 11.5 Å². The van der Waals surface area contributed by atoms with Crippen molar-refractivity contribution in [2.45, 2.75) is 20.1 Å². The second-order valence-corrected chi connectivity index (χ2v) is 12.1. The van der Waals surface area contributed by atoms with Gasteiger partial charge in [0.2, 0.25) is 0 Å². The van der Waals surface area contributed by atoms with E-state index in [9.17, 15) is 17.2 Å². The highest BCUT2D eigenvalue weighted by Gasteiger charge is 2.19. The SMILES string of the molecule is Cc1nc2ccc(-c3ccc(N4CCN(CCS(C)(=O)=O)CC4)nc3)cc2n1Cc1ccccc1OC(F)F. The third kappa shape index (κ3) is 6.54. The molecule has 1 aliphatic rings. The number of alkyl halides is 2. The van der Waals surface area contributed by atoms with Gasteiger partial charge in [0.1, 0.15) is 27.2 Å². The number of hydrogen-bond acceptors (Lipinski definition) is 7. The van der Waals surface area contributed by atoms with Crippen LogP contribution in [0.3, 0.4) is 0 Å². The molecule has 11 heteroatoms. The Morgan fingerprint density at radius 3 is 2.44 bits per heavy atom. The van der Waals surface area contributed by atoms with Crippen molar-refractivity contribution >= 4 is 26.7 Å². The van der Waals surface area contributed by atoms with Crippen molar-refractivity contribution in [1.82, 2.24) is 19.4 Å². The summed E-state index contributed by atoms with van der Waals surface area (Å²) in [5, 5.41) is 0. The predicted octanol–water partition coefficient (Wildman–Crippen LogP) is 4.22. The molecular weight excluding hydrogens is 524 g/mol. The topological polar surface area (TPSA) is 80.6 Å². The number of nitrogens with zero attached hydrogens (tertiary/aromatic N) is 5. The van der Waals surface area contributed by atoms with Gasteiger partial charge in [-0.25, -0.2) is 18.4 Å². The van der Waals surface area contributed by atoms with Gasteiger partial charge in [0.25, 0.3) is 0 Å². The molecule has 1 saturated heterocycles. The van der Waals surface area contributed by atoms with Crippen LogP contribution >= 0.6 is 0 Å². The zero-order chi connectivity index (χ0) is 27.6. The average Bonchev–Trinajstić information content (AvgIpc) is 3.22. The number of rotatable bonds is 9. The number of halogens is 2. The second kappa shape index (κ2) is 11.3. The number of aromatic nitrogens is 3. The summed E-state index contributed by atoms with van der Waals surface area (Å²) in [6.45, 7) is 3.08. The quantitative estimate of drug-likeness (QED) is 0.306. The smallest absolute Gasteiger partial charge is 0.387 e. The molecule has 206 valence electrons. The first kappa shape index (κ1) is 27.0. The van der Waals surface area contributed by atoms with Crippen molar-refractivity contribution in [2.24, 2.45) is 0 Å². The van der Waals surface area contributed by atoms with E-state index >= 15 is 0 Å². The highest BCUT2D eigenvalue weighted by Crippen LogP contribution is 2.28. The van der Waals surface area contributed by atoms with E-state index in [2.05, 4.69) is 14.8 Å². The number of piperazine rings is 1. The molecule has 1 fully saturated rings. The summed E-state index contributed by atoms with van der Waals surface area (Å²) in [6.07, 6.45) is 3.12. The van der Waals surface area contributed by atoms with Crippen molar-refractivity contribution in [1.29, 1.82) is 0 Å². The Kier molecular flexibility index (Phi) is 7.81. The van der Waals surface area contributed by atoms with Crippen molar-refractivity contribution < 1.29 is 21.9 Å². The molecule has 5 rings (SSSR count). The maximum atomic E-state index is 12.9. The number of fused-ring (bicyclic) bond motifs is 1. The van der Waals surface area contributed by atoms with Crippen LogP contribution in [0, 0.1) is 6.92 Å². The lowest BCUT2D eigenvalue weighted by Gasteiger charge is -2.35. The molecule has 0 atom stereocenters. The highest BCUT2D eigenvalue weighted by molar-refractivity contribution is 7.90. The van der Waals surface area contributed by atoms with Crippen LogP contribution in [0.15, 0.2) is 60.8 Å². The average molecular weight is 556 g/mol. The molecule has 1 aliphatic heterocycles. The summed E-state index contributed by atoms with van der Waals surface area (Å²) in [5.41, 5.74) is 4.30. The molecule has 0 aliphatic carbocycles. The van der Waals surface area contributed by atoms with E-state index in [1.54, 1.807) is 24.3 Å². The lowest BCUT2D eigenvalue weighted by atomic mass is 10.1. The molecule has 0 saturated carbocycles. The number of aryl methyl sites for hydroxylation is 1. The Morgan fingerprint density at radius 1 is 1.00 bits per heavy atom. The molecule has 0 amide bonds. The van der Waals surface area contributed by atoms with Gasteiger partial charge in [0, 0.05) is 56.3 Å². The number of ether oxygens (including phenoxy) is 1. The fourth-order valence-electron chi connectivity index (χ4n) is 4.88. The monoisotopic (exact) mass is 555 g/mol. The molecule has 0 bridgehead atoms. The summed E-state index contributed by atoms with van der Waals surface area (Å²) >= 11 is 0. The molecule has 0 N–H and O–H groups in total.